The molecule has 0 saturated heterocycles. The summed E-state index contributed by atoms with van der Waals surface area (Å²) < 4.78 is 9.33. The van der Waals surface area contributed by atoms with Crippen molar-refractivity contribution < 1.29 is 4.74 Å². The molecule has 4 aromatic rings. The molecule has 0 aliphatic carbocycles. The highest BCUT2D eigenvalue weighted by atomic mass is 16.5. The fourth-order valence-electron chi connectivity index (χ4n) is 3.51. The van der Waals surface area contributed by atoms with E-state index in [2.05, 4.69) is 22.1 Å². The quantitative estimate of drug-likeness (QED) is 0.545. The van der Waals surface area contributed by atoms with Gasteiger partial charge in [0, 0.05) is 32.1 Å². The highest BCUT2D eigenvalue weighted by Gasteiger charge is 2.19. The molecular formula is C21H24N6O2. The minimum Gasteiger partial charge on any atom is -0.493 e. The fraction of sp³-hybridized carbons (Fsp3) is 0.333. The highest BCUT2D eigenvalue weighted by molar-refractivity contribution is 5.80. The molecule has 0 spiro atoms. The van der Waals surface area contributed by atoms with Crippen molar-refractivity contribution in [2.45, 2.75) is 26.7 Å². The summed E-state index contributed by atoms with van der Waals surface area (Å²) in [5, 5.41) is 7.17. The van der Waals surface area contributed by atoms with Gasteiger partial charge in [-0.2, -0.15) is 5.10 Å². The maximum Gasteiger partial charge on any atom is 0.281 e. The second kappa shape index (κ2) is 7.54. The van der Waals surface area contributed by atoms with Crippen molar-refractivity contribution in [3.05, 3.63) is 46.6 Å². The Labute approximate surface area is 168 Å². The molecule has 0 radical (unpaired) electrons. The molecule has 0 fully saturated rings. The van der Waals surface area contributed by atoms with Crippen LogP contribution in [-0.2, 0) is 20.5 Å². The van der Waals surface area contributed by atoms with Gasteiger partial charge in [-0.25, -0.2) is 9.97 Å². The Bertz CT molecular complexity index is 1230. The molecule has 0 saturated carbocycles. The van der Waals surface area contributed by atoms with Crippen molar-refractivity contribution in [2.24, 2.45) is 14.1 Å². The second-order valence-electron chi connectivity index (χ2n) is 6.95. The van der Waals surface area contributed by atoms with Crippen LogP contribution in [0.2, 0.25) is 0 Å². The zero-order valence-corrected chi connectivity index (χ0v) is 17.1. The zero-order chi connectivity index (χ0) is 20.5. The van der Waals surface area contributed by atoms with E-state index in [1.54, 1.807) is 13.2 Å². The Morgan fingerprint density at radius 2 is 1.97 bits per heavy atom. The van der Waals surface area contributed by atoms with Crippen LogP contribution >= 0.6 is 0 Å². The molecule has 1 aromatic carbocycles. The van der Waals surface area contributed by atoms with Gasteiger partial charge < -0.3 is 9.30 Å². The number of rotatable bonds is 6. The minimum absolute atomic E-state index is 0.187. The Kier molecular flexibility index (Phi) is 4.92. The van der Waals surface area contributed by atoms with Gasteiger partial charge in [0.1, 0.15) is 22.9 Å². The van der Waals surface area contributed by atoms with E-state index in [9.17, 15) is 4.79 Å². The number of H-pyrrole nitrogens is 1. The van der Waals surface area contributed by atoms with Crippen molar-refractivity contribution in [2.75, 3.05) is 6.61 Å². The lowest BCUT2D eigenvalue weighted by molar-refractivity contribution is 0.341. The van der Waals surface area contributed by atoms with Gasteiger partial charge in [0.2, 0.25) is 0 Å². The molecule has 8 nitrogen and oxygen atoms in total. The van der Waals surface area contributed by atoms with Gasteiger partial charge in [0.15, 0.2) is 5.52 Å². The molecule has 150 valence electrons. The van der Waals surface area contributed by atoms with Crippen LogP contribution in [0.25, 0.3) is 33.8 Å². The highest BCUT2D eigenvalue weighted by Crippen LogP contribution is 2.33. The molecule has 8 heteroatoms. The monoisotopic (exact) mass is 392 g/mol. The van der Waals surface area contributed by atoms with E-state index in [1.807, 2.05) is 42.9 Å². The van der Waals surface area contributed by atoms with Crippen LogP contribution in [0.4, 0.5) is 0 Å². The van der Waals surface area contributed by atoms with Gasteiger partial charge in [-0.05, 0) is 31.5 Å². The average molecular weight is 392 g/mol. The van der Waals surface area contributed by atoms with Crippen molar-refractivity contribution in [3.63, 3.8) is 0 Å². The first-order valence-corrected chi connectivity index (χ1v) is 9.74. The lowest BCUT2D eigenvalue weighted by Gasteiger charge is -2.14. The summed E-state index contributed by atoms with van der Waals surface area (Å²) in [6, 6.07) is 5.84. The maximum atomic E-state index is 13.0. The SMILES string of the molecule is CCCc1[nH]nc2c(=O)n(C)c(-c3cc(-c4nccn4C)ccc3OCC)nc12. The number of nitrogens with zero attached hydrogens (tertiary/aromatic N) is 5. The number of nitrogens with one attached hydrogen (secondary N) is 1. The number of fused-ring (bicyclic) bond motifs is 1. The number of imidazole rings is 1. The summed E-state index contributed by atoms with van der Waals surface area (Å²) in [5.74, 6) is 2.05. The third-order valence-corrected chi connectivity index (χ3v) is 4.96. The van der Waals surface area contributed by atoms with Gasteiger partial charge in [0.05, 0.1) is 17.9 Å². The lowest BCUT2D eigenvalue weighted by atomic mass is 10.1. The summed E-state index contributed by atoms with van der Waals surface area (Å²) in [6.45, 7) is 4.53. The summed E-state index contributed by atoms with van der Waals surface area (Å²) in [4.78, 5) is 22.2. The van der Waals surface area contributed by atoms with Crippen LogP contribution in [0.15, 0.2) is 35.4 Å². The molecule has 4 rings (SSSR count). The second-order valence-corrected chi connectivity index (χ2v) is 6.95. The van der Waals surface area contributed by atoms with Gasteiger partial charge >= 0.3 is 0 Å². The predicted molar refractivity (Wildman–Crippen MR) is 112 cm³/mol. The first-order valence-electron chi connectivity index (χ1n) is 9.74. The van der Waals surface area contributed by atoms with E-state index in [1.165, 1.54) is 4.57 Å². The van der Waals surface area contributed by atoms with E-state index in [4.69, 9.17) is 9.72 Å². The summed E-state index contributed by atoms with van der Waals surface area (Å²) in [6.07, 6.45) is 5.37. The first-order chi connectivity index (χ1) is 14.0. The van der Waals surface area contributed by atoms with Crippen LogP contribution < -0.4 is 10.3 Å². The van der Waals surface area contributed by atoms with E-state index in [-0.39, 0.29) is 5.56 Å². The Morgan fingerprint density at radius 3 is 2.66 bits per heavy atom. The molecule has 0 amide bonds. The van der Waals surface area contributed by atoms with Crippen LogP contribution in [0.5, 0.6) is 5.75 Å². The fourth-order valence-corrected chi connectivity index (χ4v) is 3.51. The number of ether oxygens (including phenoxy) is 1. The third kappa shape index (κ3) is 3.20. The number of benzene rings is 1. The standard InChI is InChI=1S/C21H24N6O2/c1-5-7-15-17-18(25-24-15)21(28)27(4)20(23-17)14-12-13(8-9-16(14)29-6-2)19-22-10-11-26(19)3/h8-12H,5-7H2,1-4H3,(H,24,25). The number of aryl methyl sites for hydroxylation is 2. The number of aromatic nitrogens is 6. The van der Waals surface area contributed by atoms with E-state index in [0.29, 0.717) is 29.2 Å². The van der Waals surface area contributed by atoms with E-state index < -0.39 is 0 Å². The van der Waals surface area contributed by atoms with Crippen molar-refractivity contribution in [3.8, 4) is 28.5 Å². The molecule has 0 bridgehead atoms. The van der Waals surface area contributed by atoms with E-state index >= 15 is 0 Å². The van der Waals surface area contributed by atoms with Crippen LogP contribution in [-0.4, -0.2) is 35.9 Å². The van der Waals surface area contributed by atoms with Crippen LogP contribution in [0, 0.1) is 0 Å². The third-order valence-electron chi connectivity index (χ3n) is 4.96. The molecular weight excluding hydrogens is 368 g/mol. The molecule has 3 heterocycles. The zero-order valence-electron chi connectivity index (χ0n) is 17.1. The smallest absolute Gasteiger partial charge is 0.281 e. The van der Waals surface area contributed by atoms with Crippen LogP contribution in [0.1, 0.15) is 26.0 Å². The molecule has 1 N–H and O–H groups in total. The molecule has 29 heavy (non-hydrogen) atoms. The summed E-state index contributed by atoms with van der Waals surface area (Å²) in [5.41, 5.74) is 3.34. The summed E-state index contributed by atoms with van der Waals surface area (Å²) in [7, 11) is 3.66. The van der Waals surface area contributed by atoms with Gasteiger partial charge in [0.25, 0.3) is 5.56 Å². The van der Waals surface area contributed by atoms with Gasteiger partial charge in [-0.15, -0.1) is 0 Å². The molecule has 0 atom stereocenters. The van der Waals surface area contributed by atoms with Crippen molar-refractivity contribution >= 4 is 11.0 Å². The van der Waals surface area contributed by atoms with Crippen molar-refractivity contribution in [1.82, 2.24) is 29.3 Å². The summed E-state index contributed by atoms with van der Waals surface area (Å²) >= 11 is 0. The predicted octanol–water partition coefficient (Wildman–Crippen LogP) is 3.08. The molecule has 0 aliphatic heterocycles. The topological polar surface area (TPSA) is 90.6 Å². The Hall–Kier alpha value is -3.42. The Morgan fingerprint density at radius 1 is 1.14 bits per heavy atom. The number of hydrogen-bond donors (Lipinski definition) is 1. The van der Waals surface area contributed by atoms with Crippen molar-refractivity contribution in [1.29, 1.82) is 0 Å². The number of aromatic amines is 1. The lowest BCUT2D eigenvalue weighted by Crippen LogP contribution is -2.20. The average Bonchev–Trinajstić information content (AvgIpc) is 3.32. The normalized spacial score (nSPS) is 11.3. The maximum absolute atomic E-state index is 13.0. The van der Waals surface area contributed by atoms with Crippen LogP contribution in [0.3, 0.4) is 0 Å². The molecule has 0 unspecified atom stereocenters. The number of hydrogen-bond acceptors (Lipinski definition) is 5. The first kappa shape index (κ1) is 18.9. The van der Waals surface area contributed by atoms with Gasteiger partial charge in [-0.1, -0.05) is 13.3 Å². The van der Waals surface area contributed by atoms with Gasteiger partial charge in [-0.3, -0.25) is 14.5 Å². The Balaban J connectivity index is 1.98. The molecule has 0 aliphatic rings. The molecule has 3 aromatic heterocycles. The largest absolute Gasteiger partial charge is 0.493 e. The van der Waals surface area contributed by atoms with E-state index in [0.717, 1.165) is 35.5 Å². The minimum atomic E-state index is -0.187.